The fourth-order valence-corrected chi connectivity index (χ4v) is 2.04. The van der Waals surface area contributed by atoms with Gasteiger partial charge in [-0.1, -0.05) is 13.8 Å². The smallest absolute Gasteiger partial charge is 0.225 e. The molecule has 3 heteroatoms. The molecule has 0 radical (unpaired) electrons. The van der Waals surface area contributed by atoms with Crippen molar-refractivity contribution >= 4 is 5.91 Å². The summed E-state index contributed by atoms with van der Waals surface area (Å²) in [4.78, 5) is 13.4. The molecule has 3 nitrogen and oxygen atoms in total. The van der Waals surface area contributed by atoms with E-state index in [4.69, 9.17) is 4.74 Å². The maximum Gasteiger partial charge on any atom is 0.225 e. The van der Waals surface area contributed by atoms with Crippen molar-refractivity contribution in [2.45, 2.75) is 39.0 Å². The second-order valence-corrected chi connectivity index (χ2v) is 3.94. The highest BCUT2D eigenvalue weighted by atomic mass is 16.5. The van der Waals surface area contributed by atoms with E-state index in [0.29, 0.717) is 18.4 Å². The number of hydrogen-bond donors (Lipinski definition) is 0. The van der Waals surface area contributed by atoms with Crippen LogP contribution in [0, 0.1) is 5.92 Å². The van der Waals surface area contributed by atoms with Crippen LogP contribution < -0.4 is 0 Å². The third kappa shape index (κ3) is 1.04. The minimum Gasteiger partial charge on any atom is -0.356 e. The first kappa shape index (κ1) is 8.05. The third-order valence-corrected chi connectivity index (χ3v) is 2.79. The van der Waals surface area contributed by atoms with Gasteiger partial charge in [0.05, 0.1) is 12.6 Å². The Morgan fingerprint density at radius 1 is 1.58 bits per heavy atom. The van der Waals surface area contributed by atoms with Crippen molar-refractivity contribution in [3.63, 3.8) is 0 Å². The van der Waals surface area contributed by atoms with Crippen LogP contribution in [-0.4, -0.2) is 29.7 Å². The number of amides is 1. The summed E-state index contributed by atoms with van der Waals surface area (Å²) >= 11 is 0. The fraction of sp³-hybridized carbons (Fsp3) is 0.889. The molecule has 2 atom stereocenters. The van der Waals surface area contributed by atoms with E-state index in [2.05, 4.69) is 13.8 Å². The van der Waals surface area contributed by atoms with E-state index in [0.717, 1.165) is 13.0 Å². The lowest BCUT2D eigenvalue weighted by atomic mass is 10.1. The van der Waals surface area contributed by atoms with Crippen LogP contribution >= 0.6 is 0 Å². The summed E-state index contributed by atoms with van der Waals surface area (Å²) in [7, 11) is 0. The molecule has 2 aliphatic heterocycles. The Bertz CT molecular complexity index is 203. The second-order valence-electron chi connectivity index (χ2n) is 3.94. The van der Waals surface area contributed by atoms with Crippen molar-refractivity contribution in [1.82, 2.24) is 4.90 Å². The lowest BCUT2D eigenvalue weighted by Crippen LogP contribution is -2.39. The normalized spacial score (nSPS) is 34.9. The molecule has 0 bridgehead atoms. The van der Waals surface area contributed by atoms with Crippen LogP contribution in [0.2, 0.25) is 0 Å². The minimum absolute atomic E-state index is 0.102. The van der Waals surface area contributed by atoms with Gasteiger partial charge in [-0.05, 0) is 5.92 Å². The largest absolute Gasteiger partial charge is 0.356 e. The molecule has 0 aromatic heterocycles. The van der Waals surface area contributed by atoms with Crippen molar-refractivity contribution < 1.29 is 9.53 Å². The van der Waals surface area contributed by atoms with Crippen molar-refractivity contribution in [3.8, 4) is 0 Å². The van der Waals surface area contributed by atoms with Gasteiger partial charge in [0.2, 0.25) is 5.91 Å². The molecule has 0 aromatic rings. The van der Waals surface area contributed by atoms with E-state index in [9.17, 15) is 4.79 Å². The highest BCUT2D eigenvalue weighted by Gasteiger charge is 2.43. The zero-order valence-electron chi connectivity index (χ0n) is 7.62. The van der Waals surface area contributed by atoms with Crippen LogP contribution in [0.25, 0.3) is 0 Å². The molecule has 68 valence electrons. The summed E-state index contributed by atoms with van der Waals surface area (Å²) < 4.78 is 5.53. The number of carbonyl (C=O) groups excluding carboxylic acids is 1. The Morgan fingerprint density at radius 3 is 3.00 bits per heavy atom. The number of fused-ring (bicyclic) bond motifs is 1. The molecule has 2 aliphatic rings. The zero-order chi connectivity index (χ0) is 8.72. The van der Waals surface area contributed by atoms with Gasteiger partial charge < -0.3 is 9.64 Å². The molecule has 0 spiro atoms. The molecular weight excluding hydrogens is 154 g/mol. The second kappa shape index (κ2) is 2.73. The summed E-state index contributed by atoms with van der Waals surface area (Å²) in [5.41, 5.74) is 0. The van der Waals surface area contributed by atoms with Gasteiger partial charge in [0.25, 0.3) is 0 Å². The van der Waals surface area contributed by atoms with Crippen LogP contribution in [0.15, 0.2) is 0 Å². The van der Waals surface area contributed by atoms with Crippen molar-refractivity contribution in [3.05, 3.63) is 0 Å². The van der Waals surface area contributed by atoms with E-state index in [1.807, 2.05) is 4.90 Å². The van der Waals surface area contributed by atoms with E-state index >= 15 is 0 Å². The van der Waals surface area contributed by atoms with Crippen LogP contribution in [-0.2, 0) is 9.53 Å². The first-order valence-electron chi connectivity index (χ1n) is 4.63. The zero-order valence-corrected chi connectivity index (χ0v) is 7.62. The van der Waals surface area contributed by atoms with Crippen molar-refractivity contribution in [2.75, 3.05) is 6.61 Å². The molecule has 2 heterocycles. The molecule has 0 unspecified atom stereocenters. The number of carbonyl (C=O) groups is 1. The number of rotatable bonds is 1. The number of hydrogen-bond acceptors (Lipinski definition) is 2. The number of nitrogens with zero attached hydrogens (tertiary/aromatic N) is 1. The van der Waals surface area contributed by atoms with E-state index < -0.39 is 0 Å². The molecular formula is C9H15NO2. The van der Waals surface area contributed by atoms with Gasteiger partial charge in [-0.15, -0.1) is 0 Å². The van der Waals surface area contributed by atoms with Crippen LogP contribution in [0.1, 0.15) is 26.7 Å². The highest BCUT2D eigenvalue weighted by Crippen LogP contribution is 2.31. The van der Waals surface area contributed by atoms with Gasteiger partial charge in [-0.25, -0.2) is 0 Å². The van der Waals surface area contributed by atoms with Crippen LogP contribution in [0.5, 0.6) is 0 Å². The summed E-state index contributed by atoms with van der Waals surface area (Å²) in [6.07, 6.45) is 1.67. The molecule has 2 fully saturated rings. The molecule has 12 heavy (non-hydrogen) atoms. The highest BCUT2D eigenvalue weighted by molar-refractivity contribution is 5.79. The molecule has 0 saturated carbocycles. The fourth-order valence-electron chi connectivity index (χ4n) is 2.04. The van der Waals surface area contributed by atoms with Gasteiger partial charge >= 0.3 is 0 Å². The van der Waals surface area contributed by atoms with Gasteiger partial charge in [-0.3, -0.25) is 4.79 Å². The van der Waals surface area contributed by atoms with E-state index in [-0.39, 0.29) is 12.1 Å². The van der Waals surface area contributed by atoms with Gasteiger partial charge in [-0.2, -0.15) is 0 Å². The maximum absolute atomic E-state index is 11.4. The monoisotopic (exact) mass is 169 g/mol. The van der Waals surface area contributed by atoms with Crippen LogP contribution in [0.3, 0.4) is 0 Å². The van der Waals surface area contributed by atoms with Crippen molar-refractivity contribution in [2.24, 2.45) is 5.92 Å². The Balaban J connectivity index is 2.14. The van der Waals surface area contributed by atoms with Crippen molar-refractivity contribution in [1.29, 1.82) is 0 Å². The quantitative estimate of drug-likeness (QED) is 0.586. The molecule has 1 amide bonds. The average Bonchev–Trinajstić information content (AvgIpc) is 2.53. The SMILES string of the molecule is CC(C)[C@@H]1CO[C@H]2CCC(=O)N21. The molecule has 2 saturated heterocycles. The molecule has 0 aliphatic carbocycles. The summed E-state index contributed by atoms with van der Waals surface area (Å²) in [5.74, 6) is 0.785. The number of ether oxygens (including phenoxy) is 1. The molecule has 2 rings (SSSR count). The lowest BCUT2D eigenvalue weighted by molar-refractivity contribution is -0.131. The summed E-state index contributed by atoms with van der Waals surface area (Å²) in [5, 5.41) is 0. The van der Waals surface area contributed by atoms with Gasteiger partial charge in [0.15, 0.2) is 0 Å². The Morgan fingerprint density at radius 2 is 2.33 bits per heavy atom. The topological polar surface area (TPSA) is 29.5 Å². The minimum atomic E-state index is 0.102. The first-order chi connectivity index (χ1) is 5.70. The molecule has 0 N–H and O–H groups in total. The third-order valence-electron chi connectivity index (χ3n) is 2.79. The van der Waals surface area contributed by atoms with E-state index in [1.54, 1.807) is 0 Å². The van der Waals surface area contributed by atoms with E-state index in [1.165, 1.54) is 0 Å². The predicted octanol–water partition coefficient (Wildman–Crippen LogP) is 0.990. The average molecular weight is 169 g/mol. The van der Waals surface area contributed by atoms with Crippen LogP contribution in [0.4, 0.5) is 0 Å². The predicted molar refractivity (Wildman–Crippen MR) is 44.4 cm³/mol. The summed E-state index contributed by atoms with van der Waals surface area (Å²) in [6.45, 7) is 5.01. The first-order valence-corrected chi connectivity index (χ1v) is 4.63. The Kier molecular flexibility index (Phi) is 1.83. The molecule has 0 aromatic carbocycles. The summed E-state index contributed by atoms with van der Waals surface area (Å²) in [6, 6.07) is 0.324. The Labute approximate surface area is 72.7 Å². The maximum atomic E-state index is 11.4. The lowest BCUT2D eigenvalue weighted by Gasteiger charge is -2.24. The van der Waals surface area contributed by atoms with Gasteiger partial charge in [0.1, 0.15) is 6.23 Å². The van der Waals surface area contributed by atoms with Gasteiger partial charge in [0, 0.05) is 12.8 Å². The standard InChI is InChI=1S/C9H15NO2/c1-6(2)7-5-12-9-4-3-8(11)10(7)9/h6-7,9H,3-5H2,1-2H3/t7-,9-/m0/s1. The Hall–Kier alpha value is -0.570.